The smallest absolute Gasteiger partial charge is 0.248 e. The predicted octanol–water partition coefficient (Wildman–Crippen LogP) is -2.08. The number of nitrogens with one attached hydrogen (secondary N) is 5. The molecule has 1 aromatic rings. The molecular weight excluding hydrogens is 915 g/mol. The molecule has 14 unspecified atom stereocenters. The van der Waals surface area contributed by atoms with Crippen molar-refractivity contribution in [2.24, 2.45) is 11.8 Å². The molecule has 3 fully saturated rings. The summed E-state index contributed by atoms with van der Waals surface area (Å²) in [5.41, 5.74) is 0.382. The van der Waals surface area contributed by atoms with Crippen molar-refractivity contribution in [2.75, 3.05) is 19.7 Å². The largest absolute Gasteiger partial charge is 0.508 e. The minimum absolute atomic E-state index is 0.0340. The van der Waals surface area contributed by atoms with Crippen molar-refractivity contribution in [3.8, 4) is 5.75 Å². The molecule has 3 heterocycles. The quantitative estimate of drug-likeness (QED) is 0.0703. The molecule has 22 heteroatoms. The zero-order chi connectivity index (χ0) is 51.8. The Morgan fingerprint density at radius 2 is 1.36 bits per heavy atom. The number of fused-ring (bicyclic) bond motifs is 2. The Bertz CT molecular complexity index is 1910. The number of hydrogen-bond donors (Lipinski definition) is 13. The molecule has 0 radical (unpaired) electrons. The van der Waals surface area contributed by atoms with Crippen LogP contribution in [0.3, 0.4) is 0 Å². The van der Waals surface area contributed by atoms with E-state index in [2.05, 4.69) is 40.4 Å². The highest BCUT2D eigenvalue weighted by molar-refractivity contribution is 5.98. The number of nitrogens with zero attached hydrogens (tertiary/aromatic N) is 2. The second-order valence-corrected chi connectivity index (χ2v) is 19.5. The number of aliphatic hydroxyl groups is 7. The van der Waals surface area contributed by atoms with Gasteiger partial charge >= 0.3 is 0 Å². The molecule has 22 nitrogen and oxygen atoms in total. The number of aromatic hydroxyl groups is 1. The lowest BCUT2D eigenvalue weighted by Gasteiger charge is -2.32. The summed E-state index contributed by atoms with van der Waals surface area (Å²) in [5.74, 6) is -7.57. The molecule has 14 atom stereocenters. The van der Waals surface area contributed by atoms with Crippen LogP contribution in [0.25, 0.3) is 0 Å². The lowest BCUT2D eigenvalue weighted by Crippen LogP contribution is -2.63. The summed E-state index contributed by atoms with van der Waals surface area (Å²) in [5, 5.41) is 98.5. The Balaban J connectivity index is 1.63. The van der Waals surface area contributed by atoms with E-state index >= 15 is 0 Å². The maximum Gasteiger partial charge on any atom is 0.248 e. The van der Waals surface area contributed by atoms with Crippen molar-refractivity contribution >= 4 is 41.4 Å². The highest BCUT2D eigenvalue weighted by Gasteiger charge is 2.49. The Hall–Kier alpha value is -4.97. The van der Waals surface area contributed by atoms with Gasteiger partial charge in [0.1, 0.15) is 48.1 Å². The molecular formula is C48H77N7O15. The maximum atomic E-state index is 14.3. The number of phenolic OH excluding ortho intramolecular Hbond substituents is 1. The number of carbonyl (C=O) groups excluding carboxylic acids is 7. The van der Waals surface area contributed by atoms with E-state index in [1.165, 1.54) is 50.5 Å². The number of benzene rings is 1. The van der Waals surface area contributed by atoms with Crippen LogP contribution < -0.4 is 26.6 Å². The molecule has 13 N–H and O–H groups in total. The van der Waals surface area contributed by atoms with E-state index in [4.69, 9.17) is 0 Å². The Kier molecular flexibility index (Phi) is 22.7. The third kappa shape index (κ3) is 16.3. The Morgan fingerprint density at radius 1 is 0.743 bits per heavy atom. The van der Waals surface area contributed by atoms with Gasteiger partial charge in [-0.15, -0.1) is 0 Å². The molecule has 3 aliphatic rings. The molecule has 1 aromatic carbocycles. The van der Waals surface area contributed by atoms with Gasteiger partial charge in [0.15, 0.2) is 6.23 Å². The minimum atomic E-state index is -2.19. The summed E-state index contributed by atoms with van der Waals surface area (Å²) >= 11 is 0. The molecule has 0 bridgehead atoms. The molecule has 4 rings (SSSR count). The molecule has 0 aliphatic carbocycles. The summed E-state index contributed by atoms with van der Waals surface area (Å²) in [7, 11) is 0. The van der Waals surface area contributed by atoms with Crippen molar-refractivity contribution in [3.05, 3.63) is 29.8 Å². The first-order valence-corrected chi connectivity index (χ1v) is 24.8. The summed E-state index contributed by atoms with van der Waals surface area (Å²) in [6, 6.07) is -5.18. The summed E-state index contributed by atoms with van der Waals surface area (Å²) in [6.45, 7) is 5.23. The summed E-state index contributed by atoms with van der Waals surface area (Å²) < 4.78 is 0. The van der Waals surface area contributed by atoms with Gasteiger partial charge in [-0.2, -0.15) is 0 Å². The van der Waals surface area contributed by atoms with Gasteiger partial charge in [0.2, 0.25) is 41.4 Å². The van der Waals surface area contributed by atoms with Crippen molar-refractivity contribution in [1.82, 2.24) is 36.4 Å². The second-order valence-electron chi connectivity index (χ2n) is 19.5. The number of unbranched alkanes of at least 4 members (excludes halogenated alkanes) is 7. The van der Waals surface area contributed by atoms with E-state index in [1.807, 2.05) is 0 Å². The van der Waals surface area contributed by atoms with Gasteiger partial charge in [0, 0.05) is 44.7 Å². The molecule has 394 valence electrons. The number of rotatable bonds is 18. The summed E-state index contributed by atoms with van der Waals surface area (Å²) in [6.07, 6.45) is -2.14. The number of carbonyl (C=O) groups is 7. The molecule has 0 spiro atoms. The van der Waals surface area contributed by atoms with Crippen LogP contribution in [0.2, 0.25) is 0 Å². The van der Waals surface area contributed by atoms with Crippen LogP contribution in [0.4, 0.5) is 0 Å². The van der Waals surface area contributed by atoms with Gasteiger partial charge in [0.05, 0.1) is 31.0 Å². The first-order valence-electron chi connectivity index (χ1n) is 24.8. The van der Waals surface area contributed by atoms with Crippen molar-refractivity contribution in [2.45, 2.75) is 191 Å². The van der Waals surface area contributed by atoms with Crippen LogP contribution in [-0.2, 0) is 40.0 Å². The van der Waals surface area contributed by atoms with Gasteiger partial charge in [-0.1, -0.05) is 90.7 Å². The zero-order valence-corrected chi connectivity index (χ0v) is 40.7. The lowest BCUT2D eigenvalue weighted by molar-refractivity contribution is -0.147. The number of hydrogen-bond acceptors (Lipinski definition) is 15. The van der Waals surface area contributed by atoms with Crippen LogP contribution in [0.15, 0.2) is 24.3 Å². The van der Waals surface area contributed by atoms with Gasteiger partial charge in [0.25, 0.3) is 0 Å². The van der Waals surface area contributed by atoms with Crippen LogP contribution >= 0.6 is 0 Å². The van der Waals surface area contributed by atoms with Crippen LogP contribution in [-0.4, -0.2) is 185 Å². The monoisotopic (exact) mass is 992 g/mol. The number of amides is 7. The van der Waals surface area contributed by atoms with E-state index in [0.29, 0.717) is 18.4 Å². The average Bonchev–Trinajstić information content (AvgIpc) is 3.86. The van der Waals surface area contributed by atoms with Crippen LogP contribution in [0.1, 0.15) is 117 Å². The normalized spacial score (nSPS) is 30.0. The topological polar surface area (TPSA) is 348 Å². The van der Waals surface area contributed by atoms with E-state index in [-0.39, 0.29) is 25.1 Å². The second kappa shape index (κ2) is 27.6. The van der Waals surface area contributed by atoms with Crippen molar-refractivity contribution in [1.29, 1.82) is 0 Å². The van der Waals surface area contributed by atoms with Gasteiger partial charge in [-0.3, -0.25) is 33.6 Å². The fourth-order valence-electron chi connectivity index (χ4n) is 9.14. The van der Waals surface area contributed by atoms with E-state index < -0.39 is 146 Å². The minimum Gasteiger partial charge on any atom is -0.508 e. The van der Waals surface area contributed by atoms with Gasteiger partial charge in [-0.05, 0) is 37.0 Å². The van der Waals surface area contributed by atoms with Gasteiger partial charge < -0.3 is 77.2 Å². The van der Waals surface area contributed by atoms with Crippen LogP contribution in [0.5, 0.6) is 5.75 Å². The highest BCUT2D eigenvalue weighted by Crippen LogP contribution is 2.26. The fourth-order valence-corrected chi connectivity index (χ4v) is 9.14. The molecule has 3 saturated heterocycles. The highest BCUT2D eigenvalue weighted by atomic mass is 16.3. The van der Waals surface area contributed by atoms with Crippen LogP contribution in [0, 0.1) is 11.8 Å². The van der Waals surface area contributed by atoms with E-state index in [9.17, 15) is 74.4 Å². The Labute approximate surface area is 408 Å². The zero-order valence-electron chi connectivity index (χ0n) is 40.7. The SMILES string of the molecule is CCC(C)CCCCCCCCCCC(=O)NC1CC(O)C(O)NC(=O)C2C(O)C(C)CN2C(=O)C(CO)NC(=O)C(C(O)Cc2ccc(O)cc2)NC(=O)C2CC(O)CN2C(=O)C(C(C)O)NC1=O. The van der Waals surface area contributed by atoms with E-state index in [0.717, 1.165) is 54.7 Å². The molecule has 7 amide bonds. The third-order valence-electron chi connectivity index (χ3n) is 13.7. The Morgan fingerprint density at radius 3 is 1.97 bits per heavy atom. The molecule has 70 heavy (non-hydrogen) atoms. The van der Waals surface area contributed by atoms with Gasteiger partial charge in [-0.25, -0.2) is 0 Å². The first kappa shape index (κ1) is 57.6. The molecule has 0 aromatic heterocycles. The predicted molar refractivity (Wildman–Crippen MR) is 252 cm³/mol. The van der Waals surface area contributed by atoms with Crippen molar-refractivity contribution < 1.29 is 74.4 Å². The van der Waals surface area contributed by atoms with Crippen molar-refractivity contribution in [3.63, 3.8) is 0 Å². The molecule has 3 aliphatic heterocycles. The summed E-state index contributed by atoms with van der Waals surface area (Å²) in [4.78, 5) is 99.4. The number of phenols is 1. The third-order valence-corrected chi connectivity index (χ3v) is 13.7. The number of aliphatic hydroxyl groups excluding tert-OH is 7. The fraction of sp³-hybridized carbons (Fsp3) is 0.729. The maximum absolute atomic E-state index is 14.3. The lowest BCUT2D eigenvalue weighted by atomic mass is 9.99. The molecule has 0 saturated carbocycles. The standard InChI is InChI=1S/C48H77N7O15/c1-5-26(2)14-12-10-8-6-7-9-11-13-15-37(62)49-32-22-36(61)44(66)53-46(68)40-41(63)27(3)23-55(40)47(69)33(25-56)50-45(67)39(35(60)20-29-16-18-30(58)19-17-29)52-43(65)34-21-31(59)24-54(34)48(70)38(28(4)57)51-42(32)64/h16-19,26-28,31-36,38-41,44,56-61,63,66H,5-15,20-25H2,1-4H3,(H,49,62)(H,50,67)(H,51,64)(H,52,65)(H,53,68). The average molecular weight is 992 g/mol. The first-order chi connectivity index (χ1) is 33.2. The van der Waals surface area contributed by atoms with E-state index in [1.54, 1.807) is 0 Å².